The van der Waals surface area contributed by atoms with Gasteiger partial charge in [-0.05, 0) is 37.5 Å². The fourth-order valence-corrected chi connectivity index (χ4v) is 3.49. The Labute approximate surface area is 144 Å². The number of amides is 1. The second kappa shape index (κ2) is 6.68. The second-order valence-corrected chi connectivity index (χ2v) is 6.58. The van der Waals surface area contributed by atoms with Gasteiger partial charge in [0.15, 0.2) is 0 Å². The lowest BCUT2D eigenvalue weighted by Crippen LogP contribution is -2.44. The van der Waals surface area contributed by atoms with Crippen LogP contribution in [0.15, 0.2) is 48.5 Å². The average Bonchev–Trinajstić information content (AvgIpc) is 2.61. The molecule has 3 heteroatoms. The number of ether oxygens (including phenoxy) is 1. The normalized spacial score (nSPS) is 18.4. The Hall–Kier alpha value is -2.29. The van der Waals surface area contributed by atoms with Gasteiger partial charge in [0, 0.05) is 17.5 Å². The number of benzene rings is 2. The summed E-state index contributed by atoms with van der Waals surface area (Å²) in [5, 5.41) is 3.24. The van der Waals surface area contributed by atoms with Crippen molar-refractivity contribution in [2.24, 2.45) is 0 Å². The molecule has 2 aromatic carbocycles. The van der Waals surface area contributed by atoms with Gasteiger partial charge in [-0.2, -0.15) is 0 Å². The van der Waals surface area contributed by atoms with Gasteiger partial charge in [0.05, 0.1) is 6.04 Å². The first-order valence-corrected chi connectivity index (χ1v) is 8.73. The van der Waals surface area contributed by atoms with Crippen LogP contribution in [-0.2, 0) is 0 Å². The van der Waals surface area contributed by atoms with Gasteiger partial charge >= 0.3 is 0 Å². The van der Waals surface area contributed by atoms with Gasteiger partial charge in [-0.3, -0.25) is 4.79 Å². The van der Waals surface area contributed by atoms with Crippen LogP contribution in [0.25, 0.3) is 0 Å². The summed E-state index contributed by atoms with van der Waals surface area (Å²) in [6.07, 6.45) is 2.65. The summed E-state index contributed by atoms with van der Waals surface area (Å²) in [6.45, 7) is 6.27. The zero-order valence-corrected chi connectivity index (χ0v) is 14.6. The molecule has 0 radical (unpaired) electrons. The molecule has 0 aliphatic carbocycles. The van der Waals surface area contributed by atoms with Gasteiger partial charge < -0.3 is 10.1 Å². The number of nitrogens with one attached hydrogen (secondary N) is 1. The summed E-state index contributed by atoms with van der Waals surface area (Å²) < 4.78 is 6.31. The molecular weight excluding hydrogens is 298 g/mol. The summed E-state index contributed by atoms with van der Waals surface area (Å²) in [5.41, 5.74) is 2.59. The minimum Gasteiger partial charge on any atom is -0.487 e. The van der Waals surface area contributed by atoms with Crippen LogP contribution in [0, 0.1) is 6.92 Å². The fourth-order valence-electron chi connectivity index (χ4n) is 3.49. The zero-order valence-electron chi connectivity index (χ0n) is 14.6. The van der Waals surface area contributed by atoms with Gasteiger partial charge in [0.25, 0.3) is 5.91 Å². The standard InChI is InChI=1S/C21H25NO2/c1-4-21(5-2)14-18(17-12-8-9-13-19(17)24-21)22-20(23)16-11-7-6-10-15(16)3/h6-13,18H,4-5,14H2,1-3H3,(H,22,23)/t18-/m0/s1. The van der Waals surface area contributed by atoms with Crippen molar-refractivity contribution in [1.29, 1.82) is 0 Å². The molecule has 3 rings (SSSR count). The molecule has 0 spiro atoms. The number of aryl methyl sites for hydroxylation is 1. The Bertz CT molecular complexity index is 734. The maximum atomic E-state index is 12.8. The lowest BCUT2D eigenvalue weighted by Gasteiger charge is -2.41. The highest BCUT2D eigenvalue weighted by Crippen LogP contribution is 2.42. The minimum absolute atomic E-state index is 0.0177. The van der Waals surface area contributed by atoms with Crippen LogP contribution in [0.4, 0.5) is 0 Å². The molecular formula is C21H25NO2. The molecule has 24 heavy (non-hydrogen) atoms. The summed E-state index contributed by atoms with van der Waals surface area (Å²) in [5.74, 6) is 0.874. The van der Waals surface area contributed by atoms with Crippen molar-refractivity contribution in [2.45, 2.75) is 51.7 Å². The predicted octanol–water partition coefficient (Wildman–Crippen LogP) is 4.81. The smallest absolute Gasteiger partial charge is 0.252 e. The zero-order chi connectivity index (χ0) is 17.2. The molecule has 0 aromatic heterocycles. The Balaban J connectivity index is 1.91. The molecule has 3 nitrogen and oxygen atoms in total. The Kier molecular flexibility index (Phi) is 4.61. The van der Waals surface area contributed by atoms with Crippen molar-refractivity contribution in [3.8, 4) is 5.75 Å². The third-order valence-corrected chi connectivity index (χ3v) is 5.18. The van der Waals surface area contributed by atoms with Gasteiger partial charge in [-0.25, -0.2) is 0 Å². The largest absolute Gasteiger partial charge is 0.487 e. The molecule has 2 aromatic rings. The van der Waals surface area contributed by atoms with E-state index in [1.807, 2.05) is 55.5 Å². The molecule has 1 aliphatic rings. The van der Waals surface area contributed by atoms with Crippen molar-refractivity contribution >= 4 is 5.91 Å². The average molecular weight is 323 g/mol. The van der Waals surface area contributed by atoms with E-state index in [4.69, 9.17) is 4.74 Å². The van der Waals surface area contributed by atoms with E-state index >= 15 is 0 Å². The minimum atomic E-state index is -0.210. The summed E-state index contributed by atoms with van der Waals surface area (Å²) >= 11 is 0. The van der Waals surface area contributed by atoms with Crippen LogP contribution in [0.5, 0.6) is 5.75 Å². The van der Waals surface area contributed by atoms with E-state index in [9.17, 15) is 4.79 Å². The molecule has 1 N–H and O–H groups in total. The van der Waals surface area contributed by atoms with E-state index in [0.717, 1.165) is 41.7 Å². The SMILES string of the molecule is CCC1(CC)C[C@H](NC(=O)c2ccccc2C)c2ccccc2O1. The van der Waals surface area contributed by atoms with Crippen molar-refractivity contribution in [3.63, 3.8) is 0 Å². The number of fused-ring (bicyclic) bond motifs is 1. The number of carbonyl (C=O) groups excluding carboxylic acids is 1. The lowest BCUT2D eigenvalue weighted by atomic mass is 9.83. The molecule has 0 fully saturated rings. The molecule has 0 unspecified atom stereocenters. The van der Waals surface area contributed by atoms with Crippen molar-refractivity contribution in [2.75, 3.05) is 0 Å². The first kappa shape index (κ1) is 16.6. The monoisotopic (exact) mass is 323 g/mol. The Morgan fingerprint density at radius 3 is 2.50 bits per heavy atom. The van der Waals surface area contributed by atoms with Crippen molar-refractivity contribution in [1.82, 2.24) is 5.32 Å². The van der Waals surface area contributed by atoms with Crippen LogP contribution in [0.2, 0.25) is 0 Å². The van der Waals surface area contributed by atoms with Crippen LogP contribution >= 0.6 is 0 Å². The third kappa shape index (κ3) is 3.03. The summed E-state index contributed by atoms with van der Waals surface area (Å²) in [4.78, 5) is 12.8. The maximum Gasteiger partial charge on any atom is 0.252 e. The van der Waals surface area contributed by atoms with E-state index in [0.29, 0.717) is 0 Å². The van der Waals surface area contributed by atoms with E-state index in [-0.39, 0.29) is 17.6 Å². The lowest BCUT2D eigenvalue weighted by molar-refractivity contribution is 0.0227. The first-order chi connectivity index (χ1) is 11.6. The molecule has 1 heterocycles. The first-order valence-electron chi connectivity index (χ1n) is 8.73. The number of para-hydroxylation sites is 1. The van der Waals surface area contributed by atoms with Crippen LogP contribution in [-0.4, -0.2) is 11.5 Å². The number of carbonyl (C=O) groups is 1. The maximum absolute atomic E-state index is 12.8. The van der Waals surface area contributed by atoms with Crippen LogP contribution in [0.3, 0.4) is 0 Å². The van der Waals surface area contributed by atoms with E-state index in [1.165, 1.54) is 0 Å². The van der Waals surface area contributed by atoms with Gasteiger partial charge in [-0.15, -0.1) is 0 Å². The highest BCUT2D eigenvalue weighted by molar-refractivity contribution is 5.95. The topological polar surface area (TPSA) is 38.3 Å². The van der Waals surface area contributed by atoms with Gasteiger partial charge in [0.1, 0.15) is 11.4 Å². The van der Waals surface area contributed by atoms with Crippen molar-refractivity contribution < 1.29 is 9.53 Å². The second-order valence-electron chi connectivity index (χ2n) is 6.58. The molecule has 0 bridgehead atoms. The molecule has 126 valence electrons. The molecule has 1 atom stereocenters. The number of rotatable bonds is 4. The van der Waals surface area contributed by atoms with Gasteiger partial charge in [-0.1, -0.05) is 50.2 Å². The highest BCUT2D eigenvalue weighted by atomic mass is 16.5. The van der Waals surface area contributed by atoms with Crippen LogP contribution < -0.4 is 10.1 Å². The predicted molar refractivity (Wildman–Crippen MR) is 96.4 cm³/mol. The highest BCUT2D eigenvalue weighted by Gasteiger charge is 2.39. The van der Waals surface area contributed by atoms with E-state index < -0.39 is 0 Å². The van der Waals surface area contributed by atoms with Crippen molar-refractivity contribution in [3.05, 3.63) is 65.2 Å². The molecule has 0 saturated carbocycles. The summed E-state index contributed by atoms with van der Waals surface area (Å²) in [7, 11) is 0. The van der Waals surface area contributed by atoms with Crippen LogP contribution in [0.1, 0.15) is 60.6 Å². The van der Waals surface area contributed by atoms with E-state index in [2.05, 4.69) is 19.2 Å². The quantitative estimate of drug-likeness (QED) is 0.877. The Morgan fingerprint density at radius 1 is 1.12 bits per heavy atom. The summed E-state index contributed by atoms with van der Waals surface area (Å²) in [6, 6.07) is 15.7. The molecule has 0 saturated heterocycles. The van der Waals surface area contributed by atoms with Gasteiger partial charge in [0.2, 0.25) is 0 Å². The molecule has 1 amide bonds. The molecule has 1 aliphatic heterocycles. The third-order valence-electron chi connectivity index (χ3n) is 5.18. The number of hydrogen-bond acceptors (Lipinski definition) is 2. The van der Waals surface area contributed by atoms with E-state index in [1.54, 1.807) is 0 Å². The Morgan fingerprint density at radius 2 is 1.79 bits per heavy atom. The fraction of sp³-hybridized carbons (Fsp3) is 0.381. The number of hydrogen-bond donors (Lipinski definition) is 1.